The van der Waals surface area contributed by atoms with Crippen LogP contribution in [0.3, 0.4) is 0 Å². The zero-order chi connectivity index (χ0) is 27.6. The Kier molecular flexibility index (Phi) is 11.0. The molecule has 4 rings (SSSR count). The fraction of sp³-hybridized carbons (Fsp3) is 0.414. The lowest BCUT2D eigenvalue weighted by molar-refractivity contribution is -0.138. The number of carbonyl (C=O) groups is 3. The van der Waals surface area contributed by atoms with Crippen molar-refractivity contribution in [3.05, 3.63) is 47.2 Å². The highest BCUT2D eigenvalue weighted by Crippen LogP contribution is 2.40. The van der Waals surface area contributed by atoms with Crippen LogP contribution >= 0.6 is 24.8 Å². The zero-order valence-corrected chi connectivity index (χ0v) is 25.1. The lowest BCUT2D eigenvalue weighted by atomic mass is 9.82. The van der Waals surface area contributed by atoms with Gasteiger partial charge >= 0.3 is 11.9 Å². The van der Waals surface area contributed by atoms with Crippen molar-refractivity contribution in [3.8, 4) is 5.75 Å². The first-order valence-electron chi connectivity index (χ1n) is 12.9. The average Bonchev–Trinajstić information content (AvgIpc) is 3.13. The number of nitrogens with zero attached hydrogens (tertiary/aromatic N) is 2. The number of ether oxygens (including phenoxy) is 1. The summed E-state index contributed by atoms with van der Waals surface area (Å²) in [7, 11) is 5.95. The minimum atomic E-state index is -0.947. The molecular formula is C29H38Cl2N4O5. The number of rotatable bonds is 10. The third-order valence-corrected chi connectivity index (χ3v) is 7.26. The maximum atomic E-state index is 13.4. The topological polar surface area (TPSA) is 113 Å². The maximum absolute atomic E-state index is 13.4. The highest BCUT2D eigenvalue weighted by Gasteiger charge is 2.38. The van der Waals surface area contributed by atoms with Crippen molar-refractivity contribution in [3.63, 3.8) is 0 Å². The van der Waals surface area contributed by atoms with E-state index in [0.717, 1.165) is 45.0 Å². The zero-order valence-electron chi connectivity index (χ0n) is 23.5. The molecule has 11 heteroatoms. The predicted molar refractivity (Wildman–Crippen MR) is 162 cm³/mol. The molecule has 2 aromatic carbocycles. The van der Waals surface area contributed by atoms with Gasteiger partial charge in [-0.2, -0.15) is 0 Å². The molecule has 0 fully saturated rings. The van der Waals surface area contributed by atoms with E-state index < -0.39 is 11.5 Å². The summed E-state index contributed by atoms with van der Waals surface area (Å²) in [4.78, 5) is 38.4. The number of aliphatic carboxylic acids is 1. The standard InChI is InChI=1S/C29H36N4O5.2ClH/c1-18-20-12-13-31-29(2,28(37)30-14-15-32(3)4)23(20)17-22-21-16-19(10-11-24(21)33(5)27(18)22)38-26(36)9-7-6-8-25(34)35;;/h10-13,16-17,31H,6-9,14-15H2,1-5H3,(H,30,37)(H,34,35);2*1H. The van der Waals surface area contributed by atoms with Crippen LogP contribution in [0.25, 0.3) is 27.9 Å². The minimum Gasteiger partial charge on any atom is -0.481 e. The monoisotopic (exact) mass is 592 g/mol. The Morgan fingerprint density at radius 1 is 1.10 bits per heavy atom. The summed E-state index contributed by atoms with van der Waals surface area (Å²) in [5.74, 6) is -0.919. The van der Waals surface area contributed by atoms with E-state index in [2.05, 4.69) is 28.2 Å². The van der Waals surface area contributed by atoms with Gasteiger partial charge in [0.1, 0.15) is 11.3 Å². The number of aryl methyl sites for hydroxylation is 2. The smallest absolute Gasteiger partial charge is 0.311 e. The minimum absolute atomic E-state index is 0. The third kappa shape index (κ3) is 6.54. The normalized spacial score (nSPS) is 15.7. The van der Waals surface area contributed by atoms with Crippen LogP contribution in [0.4, 0.5) is 0 Å². The van der Waals surface area contributed by atoms with E-state index in [9.17, 15) is 14.4 Å². The fourth-order valence-electron chi connectivity index (χ4n) is 5.15. The number of carboxylic acid groups (broad SMARTS) is 1. The first kappa shape index (κ1) is 32.9. The summed E-state index contributed by atoms with van der Waals surface area (Å²) < 4.78 is 7.71. The largest absolute Gasteiger partial charge is 0.481 e. The molecule has 0 saturated carbocycles. The molecule has 0 bridgehead atoms. The Morgan fingerprint density at radius 3 is 2.48 bits per heavy atom. The van der Waals surface area contributed by atoms with Crippen molar-refractivity contribution in [1.82, 2.24) is 20.1 Å². The van der Waals surface area contributed by atoms with E-state index in [1.54, 1.807) is 6.07 Å². The molecule has 3 N–H and O–H groups in total. The van der Waals surface area contributed by atoms with Crippen molar-refractivity contribution >= 4 is 70.5 Å². The van der Waals surface area contributed by atoms with Crippen molar-refractivity contribution in [1.29, 1.82) is 0 Å². The molecule has 3 aromatic rings. The molecule has 0 saturated heterocycles. The van der Waals surface area contributed by atoms with Gasteiger partial charge in [0, 0.05) is 49.3 Å². The van der Waals surface area contributed by atoms with Gasteiger partial charge in [0.15, 0.2) is 0 Å². The molecule has 0 radical (unpaired) electrons. The fourth-order valence-corrected chi connectivity index (χ4v) is 5.15. The highest BCUT2D eigenvalue weighted by atomic mass is 35.5. The van der Waals surface area contributed by atoms with Gasteiger partial charge in [0.25, 0.3) is 0 Å². The number of hydrogen-bond acceptors (Lipinski definition) is 6. The van der Waals surface area contributed by atoms with Crippen LogP contribution in [0.5, 0.6) is 5.75 Å². The summed E-state index contributed by atoms with van der Waals surface area (Å²) in [5.41, 5.74) is 4.07. The van der Waals surface area contributed by atoms with E-state index in [0.29, 0.717) is 25.1 Å². The van der Waals surface area contributed by atoms with Crippen LogP contribution in [0.1, 0.15) is 49.3 Å². The predicted octanol–water partition coefficient (Wildman–Crippen LogP) is 4.50. The van der Waals surface area contributed by atoms with Crippen LogP contribution in [0, 0.1) is 6.92 Å². The second-order valence-electron chi connectivity index (χ2n) is 10.3. The number of carbonyl (C=O) groups excluding carboxylic acids is 2. The van der Waals surface area contributed by atoms with Crippen LogP contribution in [-0.2, 0) is 27.0 Å². The Hall–Kier alpha value is -3.27. The number of aromatic nitrogens is 1. The summed E-state index contributed by atoms with van der Waals surface area (Å²) in [5, 5.41) is 17.0. The molecule has 1 aromatic heterocycles. The number of esters is 1. The molecule has 1 atom stereocenters. The number of benzene rings is 2. The van der Waals surface area contributed by atoms with Crippen molar-refractivity contribution in [2.45, 2.75) is 45.1 Å². The van der Waals surface area contributed by atoms with E-state index in [4.69, 9.17) is 9.84 Å². The molecule has 1 amide bonds. The number of fused-ring (bicyclic) bond motifs is 4. The number of likely N-dealkylation sites (N-methyl/N-ethyl adjacent to an activating group) is 1. The molecular weight excluding hydrogens is 555 g/mol. The quantitative estimate of drug-likeness (QED) is 0.180. The molecule has 9 nitrogen and oxygen atoms in total. The molecule has 0 aliphatic carbocycles. The molecule has 2 heterocycles. The Morgan fingerprint density at radius 2 is 1.80 bits per heavy atom. The van der Waals surface area contributed by atoms with Gasteiger partial charge < -0.3 is 29.9 Å². The van der Waals surface area contributed by atoms with Crippen molar-refractivity contribution in [2.75, 3.05) is 27.2 Å². The summed E-state index contributed by atoms with van der Waals surface area (Å²) in [6.07, 6.45) is 4.93. The third-order valence-electron chi connectivity index (χ3n) is 7.26. The Labute approximate surface area is 246 Å². The summed E-state index contributed by atoms with van der Waals surface area (Å²) >= 11 is 0. The first-order valence-corrected chi connectivity index (χ1v) is 12.9. The number of nitrogens with one attached hydrogen (secondary N) is 2. The number of unbranched alkanes of at least 4 members (excludes halogenated alkanes) is 1. The van der Waals surface area contributed by atoms with Gasteiger partial charge in [0.05, 0.1) is 5.52 Å². The number of carboxylic acids is 1. The van der Waals surface area contributed by atoms with Gasteiger partial charge in [-0.05, 0) is 94.0 Å². The molecule has 218 valence electrons. The molecule has 0 spiro atoms. The Balaban J connectivity index is 0.00000280. The van der Waals surface area contributed by atoms with E-state index in [1.165, 1.54) is 0 Å². The summed E-state index contributed by atoms with van der Waals surface area (Å²) in [6, 6.07) is 7.64. The first-order chi connectivity index (χ1) is 18.0. The maximum Gasteiger partial charge on any atom is 0.311 e. The Bertz CT molecular complexity index is 1450. The lowest BCUT2D eigenvalue weighted by Gasteiger charge is -2.34. The average molecular weight is 594 g/mol. The van der Waals surface area contributed by atoms with Crippen molar-refractivity contribution < 1.29 is 24.2 Å². The summed E-state index contributed by atoms with van der Waals surface area (Å²) in [6.45, 7) is 5.25. The van der Waals surface area contributed by atoms with Crippen molar-refractivity contribution in [2.24, 2.45) is 7.05 Å². The van der Waals surface area contributed by atoms with Crippen LogP contribution < -0.4 is 15.4 Å². The molecule has 1 aliphatic rings. The van der Waals surface area contributed by atoms with Gasteiger partial charge in [-0.25, -0.2) is 0 Å². The van der Waals surface area contributed by atoms with E-state index >= 15 is 0 Å². The second kappa shape index (κ2) is 13.4. The highest BCUT2D eigenvalue weighted by molar-refractivity contribution is 6.11. The SMILES string of the molecule is Cc1c2c(cc3c4cc(OC(=O)CCCCC(=O)O)ccc4n(C)c13)C(C)(C(=O)NCCN(C)C)NC=C2.Cl.Cl. The molecule has 40 heavy (non-hydrogen) atoms. The van der Waals surface area contributed by atoms with Gasteiger partial charge in [-0.3, -0.25) is 14.4 Å². The van der Waals surface area contributed by atoms with Gasteiger partial charge in [-0.15, -0.1) is 24.8 Å². The number of amides is 1. The molecule has 1 aliphatic heterocycles. The van der Waals surface area contributed by atoms with Gasteiger partial charge in [-0.1, -0.05) is 0 Å². The van der Waals surface area contributed by atoms with Crippen LogP contribution in [-0.4, -0.2) is 59.6 Å². The van der Waals surface area contributed by atoms with E-state index in [1.807, 2.05) is 57.4 Å². The number of halogens is 2. The molecule has 1 unspecified atom stereocenters. The lowest BCUT2D eigenvalue weighted by Crippen LogP contribution is -2.52. The van der Waals surface area contributed by atoms with Crippen LogP contribution in [0.15, 0.2) is 30.5 Å². The van der Waals surface area contributed by atoms with Crippen LogP contribution in [0.2, 0.25) is 0 Å². The van der Waals surface area contributed by atoms with Gasteiger partial charge in [0.2, 0.25) is 5.91 Å². The number of hydrogen-bond donors (Lipinski definition) is 3. The van der Waals surface area contributed by atoms with E-state index in [-0.39, 0.29) is 49.5 Å². The second-order valence-corrected chi connectivity index (χ2v) is 10.3.